The number of carboxylic acid groups (broad SMARTS) is 1. The Morgan fingerprint density at radius 1 is 1.53 bits per heavy atom. The SMILES string of the molecule is CCn1c(=O)oc2cccc(C(=O)O)c21. The Morgan fingerprint density at radius 3 is 2.87 bits per heavy atom. The number of fused-ring (bicyclic) bond motifs is 1. The molecule has 1 N–H and O–H groups in total. The summed E-state index contributed by atoms with van der Waals surface area (Å²) in [6, 6.07) is 4.58. The fraction of sp³-hybridized carbons (Fsp3) is 0.200. The van der Waals surface area contributed by atoms with Gasteiger partial charge in [0.2, 0.25) is 0 Å². The molecule has 1 heterocycles. The van der Waals surface area contributed by atoms with E-state index in [4.69, 9.17) is 9.52 Å². The Hall–Kier alpha value is -2.04. The third kappa shape index (κ3) is 1.32. The molecule has 1 aromatic carbocycles. The van der Waals surface area contributed by atoms with Gasteiger partial charge >= 0.3 is 11.7 Å². The lowest BCUT2D eigenvalue weighted by atomic mass is 10.2. The average molecular weight is 207 g/mol. The lowest BCUT2D eigenvalue weighted by Crippen LogP contribution is -2.14. The van der Waals surface area contributed by atoms with Crippen LogP contribution in [0, 0.1) is 0 Å². The van der Waals surface area contributed by atoms with Crippen molar-refractivity contribution in [2.45, 2.75) is 13.5 Å². The number of aryl methyl sites for hydroxylation is 1. The van der Waals surface area contributed by atoms with E-state index in [-0.39, 0.29) is 5.56 Å². The van der Waals surface area contributed by atoms with Gasteiger partial charge in [0.15, 0.2) is 5.58 Å². The summed E-state index contributed by atoms with van der Waals surface area (Å²) in [5.41, 5.74) is 0.736. The number of benzene rings is 1. The number of carboxylic acids is 1. The minimum absolute atomic E-state index is 0.0835. The van der Waals surface area contributed by atoms with E-state index in [1.165, 1.54) is 10.6 Å². The van der Waals surface area contributed by atoms with Crippen molar-refractivity contribution in [3.63, 3.8) is 0 Å². The zero-order valence-electron chi connectivity index (χ0n) is 8.06. The minimum Gasteiger partial charge on any atom is -0.478 e. The zero-order chi connectivity index (χ0) is 11.0. The third-order valence-electron chi connectivity index (χ3n) is 2.23. The summed E-state index contributed by atoms with van der Waals surface area (Å²) in [7, 11) is 0. The Bertz CT molecular complexity index is 579. The molecule has 2 rings (SSSR count). The fourth-order valence-corrected chi connectivity index (χ4v) is 1.58. The topological polar surface area (TPSA) is 72.4 Å². The van der Waals surface area contributed by atoms with Gasteiger partial charge in [0.25, 0.3) is 0 Å². The number of hydrogen-bond acceptors (Lipinski definition) is 3. The summed E-state index contributed by atoms with van der Waals surface area (Å²) in [5, 5.41) is 8.96. The molecule has 0 aliphatic carbocycles. The van der Waals surface area contributed by atoms with E-state index in [0.29, 0.717) is 17.6 Å². The molecule has 0 unspecified atom stereocenters. The van der Waals surface area contributed by atoms with Gasteiger partial charge in [-0.25, -0.2) is 9.59 Å². The molecule has 0 amide bonds. The van der Waals surface area contributed by atoms with Gasteiger partial charge in [-0.2, -0.15) is 0 Å². The summed E-state index contributed by atoms with van der Waals surface area (Å²) >= 11 is 0. The number of para-hydroxylation sites is 1. The van der Waals surface area contributed by atoms with Gasteiger partial charge in [-0.1, -0.05) is 6.07 Å². The molecule has 0 atom stereocenters. The molecule has 1 aromatic heterocycles. The first-order chi connectivity index (χ1) is 7.15. The summed E-state index contributed by atoms with van der Waals surface area (Å²) < 4.78 is 6.23. The molecule has 0 saturated carbocycles. The molecule has 78 valence electrons. The number of oxazole rings is 1. The van der Waals surface area contributed by atoms with Crippen LogP contribution in [0.5, 0.6) is 0 Å². The second-order valence-corrected chi connectivity index (χ2v) is 3.07. The molecule has 5 nitrogen and oxygen atoms in total. The van der Waals surface area contributed by atoms with E-state index < -0.39 is 11.7 Å². The number of carbonyl (C=O) groups is 1. The van der Waals surface area contributed by atoms with Crippen LogP contribution in [0.1, 0.15) is 17.3 Å². The first-order valence-corrected chi connectivity index (χ1v) is 4.50. The molecular weight excluding hydrogens is 198 g/mol. The standard InChI is InChI=1S/C10H9NO4/c1-2-11-8-6(9(12)13)4-3-5-7(8)15-10(11)14/h3-5H,2H2,1H3,(H,12,13). The Morgan fingerprint density at radius 2 is 2.27 bits per heavy atom. The van der Waals surface area contributed by atoms with E-state index in [2.05, 4.69) is 0 Å². The van der Waals surface area contributed by atoms with Crippen LogP contribution in [-0.4, -0.2) is 15.6 Å². The molecule has 15 heavy (non-hydrogen) atoms. The van der Waals surface area contributed by atoms with Crippen molar-refractivity contribution in [2.24, 2.45) is 0 Å². The lowest BCUT2D eigenvalue weighted by Gasteiger charge is -1.99. The highest BCUT2D eigenvalue weighted by atomic mass is 16.4. The number of aromatic carboxylic acids is 1. The van der Waals surface area contributed by atoms with Crippen molar-refractivity contribution in [3.05, 3.63) is 34.3 Å². The first kappa shape index (κ1) is 9.51. The Balaban J connectivity index is 2.94. The summed E-state index contributed by atoms with van der Waals surface area (Å²) in [5.74, 6) is -1.59. The lowest BCUT2D eigenvalue weighted by molar-refractivity contribution is 0.0698. The van der Waals surface area contributed by atoms with Crippen LogP contribution < -0.4 is 5.76 Å². The predicted octanol–water partition coefficient (Wildman–Crippen LogP) is 1.31. The van der Waals surface area contributed by atoms with Crippen LogP contribution in [0.3, 0.4) is 0 Å². The van der Waals surface area contributed by atoms with Gasteiger partial charge in [0.05, 0.1) is 5.56 Å². The largest absolute Gasteiger partial charge is 0.478 e. The fourth-order valence-electron chi connectivity index (χ4n) is 1.58. The van der Waals surface area contributed by atoms with E-state index >= 15 is 0 Å². The molecule has 0 saturated heterocycles. The highest BCUT2D eigenvalue weighted by Gasteiger charge is 2.15. The Kier molecular flexibility index (Phi) is 2.07. The van der Waals surface area contributed by atoms with E-state index in [0.717, 1.165) is 0 Å². The van der Waals surface area contributed by atoms with Crippen molar-refractivity contribution in [1.29, 1.82) is 0 Å². The molecule has 2 aromatic rings. The van der Waals surface area contributed by atoms with Crippen LogP contribution in [-0.2, 0) is 6.54 Å². The molecule has 0 aliphatic rings. The quantitative estimate of drug-likeness (QED) is 0.805. The number of hydrogen-bond donors (Lipinski definition) is 1. The van der Waals surface area contributed by atoms with Crippen LogP contribution in [0.25, 0.3) is 11.1 Å². The van der Waals surface area contributed by atoms with Crippen LogP contribution in [0.2, 0.25) is 0 Å². The highest BCUT2D eigenvalue weighted by molar-refractivity contribution is 6.00. The molecule has 0 bridgehead atoms. The maximum Gasteiger partial charge on any atom is 0.419 e. The maximum atomic E-state index is 11.3. The van der Waals surface area contributed by atoms with Crippen molar-refractivity contribution in [3.8, 4) is 0 Å². The Labute approximate surface area is 84.5 Å². The maximum absolute atomic E-state index is 11.3. The summed E-state index contributed by atoms with van der Waals surface area (Å²) in [6.07, 6.45) is 0. The zero-order valence-corrected chi connectivity index (χ0v) is 8.06. The smallest absolute Gasteiger partial charge is 0.419 e. The molecule has 5 heteroatoms. The van der Waals surface area contributed by atoms with Gasteiger partial charge < -0.3 is 9.52 Å². The first-order valence-electron chi connectivity index (χ1n) is 4.50. The summed E-state index contributed by atoms with van der Waals surface area (Å²) in [4.78, 5) is 22.3. The second-order valence-electron chi connectivity index (χ2n) is 3.07. The van der Waals surface area contributed by atoms with Gasteiger partial charge in [0.1, 0.15) is 5.52 Å². The van der Waals surface area contributed by atoms with E-state index in [9.17, 15) is 9.59 Å². The minimum atomic E-state index is -1.07. The van der Waals surface area contributed by atoms with Gasteiger partial charge in [0, 0.05) is 6.54 Å². The van der Waals surface area contributed by atoms with Crippen molar-refractivity contribution in [2.75, 3.05) is 0 Å². The van der Waals surface area contributed by atoms with Crippen LogP contribution in [0.4, 0.5) is 0 Å². The monoisotopic (exact) mass is 207 g/mol. The van der Waals surface area contributed by atoms with Gasteiger partial charge in [-0.15, -0.1) is 0 Å². The number of nitrogens with zero attached hydrogens (tertiary/aromatic N) is 1. The van der Waals surface area contributed by atoms with E-state index in [1.807, 2.05) is 0 Å². The van der Waals surface area contributed by atoms with Gasteiger partial charge in [-0.3, -0.25) is 4.57 Å². The van der Waals surface area contributed by atoms with Crippen molar-refractivity contribution < 1.29 is 14.3 Å². The number of rotatable bonds is 2. The van der Waals surface area contributed by atoms with E-state index in [1.54, 1.807) is 19.1 Å². The molecule has 0 radical (unpaired) electrons. The average Bonchev–Trinajstić information content (AvgIpc) is 2.52. The molecule has 0 fully saturated rings. The second kappa shape index (κ2) is 3.27. The number of aromatic nitrogens is 1. The normalized spacial score (nSPS) is 10.7. The van der Waals surface area contributed by atoms with Crippen molar-refractivity contribution in [1.82, 2.24) is 4.57 Å². The summed E-state index contributed by atoms with van der Waals surface area (Å²) in [6.45, 7) is 2.14. The molecular formula is C10H9NO4. The predicted molar refractivity (Wildman–Crippen MR) is 53.1 cm³/mol. The molecule has 0 aliphatic heterocycles. The third-order valence-corrected chi connectivity index (χ3v) is 2.23. The van der Waals surface area contributed by atoms with Crippen LogP contribution in [0.15, 0.2) is 27.4 Å². The highest BCUT2D eigenvalue weighted by Crippen LogP contribution is 2.17. The molecule has 0 spiro atoms. The van der Waals surface area contributed by atoms with Crippen LogP contribution >= 0.6 is 0 Å². The van der Waals surface area contributed by atoms with Gasteiger partial charge in [-0.05, 0) is 19.1 Å². The van der Waals surface area contributed by atoms with Crippen molar-refractivity contribution >= 4 is 17.1 Å².